The van der Waals surface area contributed by atoms with Gasteiger partial charge in [-0.3, -0.25) is 14.3 Å². The number of carbonyl (C=O) groups is 2. The van der Waals surface area contributed by atoms with Gasteiger partial charge in [0.1, 0.15) is 6.54 Å². The summed E-state index contributed by atoms with van der Waals surface area (Å²) in [5, 5.41) is 12.9. The quantitative estimate of drug-likeness (QED) is 0.649. The largest absolute Gasteiger partial charge is 0.352 e. The van der Waals surface area contributed by atoms with Crippen molar-refractivity contribution in [2.24, 2.45) is 5.92 Å². The van der Waals surface area contributed by atoms with Crippen molar-refractivity contribution >= 4 is 29.9 Å². The van der Waals surface area contributed by atoms with Crippen molar-refractivity contribution in [3.8, 4) is 0 Å². The van der Waals surface area contributed by atoms with Crippen molar-refractivity contribution in [2.45, 2.75) is 38.3 Å². The number of hydrogen-bond acceptors (Lipinski definition) is 4. The van der Waals surface area contributed by atoms with E-state index in [4.69, 9.17) is 0 Å². The van der Waals surface area contributed by atoms with Crippen LogP contribution in [0.2, 0.25) is 0 Å². The molecule has 7 nitrogen and oxygen atoms in total. The summed E-state index contributed by atoms with van der Waals surface area (Å²) in [6.45, 7) is 1.41. The predicted molar refractivity (Wildman–Crippen MR) is 84.9 cm³/mol. The molecule has 0 spiro atoms. The Kier molecular flexibility index (Phi) is 5.79. The van der Waals surface area contributed by atoms with E-state index >= 15 is 0 Å². The average Bonchev–Trinajstić information content (AvgIpc) is 3.33. The number of aromatic nitrogens is 2. The minimum absolute atomic E-state index is 0. The molecule has 8 heteroatoms. The fraction of sp³-hybridized carbons (Fsp3) is 0.643. The second-order valence-electron chi connectivity index (χ2n) is 5.89. The Bertz CT molecular complexity index is 525. The Hall–Kier alpha value is -1.60. The van der Waals surface area contributed by atoms with Crippen LogP contribution in [0, 0.1) is 5.92 Å². The maximum absolute atomic E-state index is 11.7. The van der Waals surface area contributed by atoms with Crippen LogP contribution in [-0.2, 0) is 16.1 Å². The normalized spacial score (nSPS) is 16.7. The maximum atomic E-state index is 11.7. The molecule has 122 valence electrons. The highest BCUT2D eigenvalue weighted by Crippen LogP contribution is 2.27. The lowest BCUT2D eigenvalue weighted by Crippen LogP contribution is -2.29. The van der Waals surface area contributed by atoms with Crippen molar-refractivity contribution < 1.29 is 9.59 Å². The van der Waals surface area contributed by atoms with Crippen LogP contribution in [0.5, 0.6) is 0 Å². The van der Waals surface area contributed by atoms with E-state index in [0.717, 1.165) is 25.3 Å². The van der Waals surface area contributed by atoms with Gasteiger partial charge in [-0.2, -0.15) is 5.10 Å². The summed E-state index contributed by atoms with van der Waals surface area (Å²) >= 11 is 0. The molecule has 2 saturated carbocycles. The minimum atomic E-state index is -0.0855. The van der Waals surface area contributed by atoms with Gasteiger partial charge >= 0.3 is 0 Å². The number of hydrogen-bond donors (Lipinski definition) is 3. The van der Waals surface area contributed by atoms with Crippen LogP contribution in [0.1, 0.15) is 25.7 Å². The molecular weight excluding hydrogens is 306 g/mol. The number of halogens is 1. The van der Waals surface area contributed by atoms with Gasteiger partial charge in [-0.05, 0) is 38.1 Å². The van der Waals surface area contributed by atoms with Crippen LogP contribution >= 0.6 is 12.4 Å². The van der Waals surface area contributed by atoms with Gasteiger partial charge in [0, 0.05) is 12.2 Å². The van der Waals surface area contributed by atoms with Crippen LogP contribution in [0.15, 0.2) is 12.4 Å². The van der Waals surface area contributed by atoms with Crippen molar-refractivity contribution in [1.29, 1.82) is 0 Å². The monoisotopic (exact) mass is 327 g/mol. The van der Waals surface area contributed by atoms with Gasteiger partial charge < -0.3 is 16.0 Å². The Morgan fingerprint density at radius 1 is 1.23 bits per heavy atom. The van der Waals surface area contributed by atoms with Gasteiger partial charge in [-0.15, -0.1) is 12.4 Å². The van der Waals surface area contributed by atoms with Gasteiger partial charge in [-0.25, -0.2) is 0 Å². The highest BCUT2D eigenvalue weighted by Gasteiger charge is 2.23. The van der Waals surface area contributed by atoms with Crippen LogP contribution < -0.4 is 16.0 Å². The summed E-state index contributed by atoms with van der Waals surface area (Å²) in [5.41, 5.74) is 0.618. The molecule has 2 aliphatic carbocycles. The summed E-state index contributed by atoms with van der Waals surface area (Å²) in [6.07, 6.45) is 7.91. The molecule has 0 unspecified atom stereocenters. The summed E-state index contributed by atoms with van der Waals surface area (Å²) in [5.74, 6) is 0.632. The van der Waals surface area contributed by atoms with E-state index in [9.17, 15) is 9.59 Å². The molecule has 3 N–H and O–H groups in total. The summed E-state index contributed by atoms with van der Waals surface area (Å²) < 4.78 is 1.53. The van der Waals surface area contributed by atoms with E-state index in [1.54, 1.807) is 12.4 Å². The molecule has 0 aromatic carbocycles. The van der Waals surface area contributed by atoms with E-state index < -0.39 is 0 Å². The van der Waals surface area contributed by atoms with Crippen molar-refractivity contribution in [1.82, 2.24) is 20.4 Å². The van der Waals surface area contributed by atoms with E-state index in [-0.39, 0.29) is 30.8 Å². The van der Waals surface area contributed by atoms with Crippen molar-refractivity contribution in [3.63, 3.8) is 0 Å². The summed E-state index contributed by atoms with van der Waals surface area (Å²) in [6, 6.07) is 0.352. The van der Waals surface area contributed by atoms with Crippen molar-refractivity contribution in [2.75, 3.05) is 18.4 Å². The molecule has 0 bridgehead atoms. The van der Waals surface area contributed by atoms with Crippen LogP contribution in [-0.4, -0.2) is 40.7 Å². The zero-order valence-electron chi connectivity index (χ0n) is 12.4. The first-order valence-corrected chi connectivity index (χ1v) is 7.51. The Balaban J connectivity index is 0.00000176. The molecule has 1 aromatic heterocycles. The lowest BCUT2D eigenvalue weighted by Gasteiger charge is -2.04. The molecule has 22 heavy (non-hydrogen) atoms. The molecule has 0 saturated heterocycles. The zero-order chi connectivity index (χ0) is 14.7. The van der Waals surface area contributed by atoms with Gasteiger partial charge in [0.2, 0.25) is 11.8 Å². The predicted octanol–water partition coefficient (Wildman–Crippen LogP) is 0.522. The number of anilines is 1. The first-order valence-electron chi connectivity index (χ1n) is 7.51. The Morgan fingerprint density at radius 2 is 2.00 bits per heavy atom. The number of rotatable bonds is 8. The molecular formula is C14H22ClN5O2. The molecule has 2 aliphatic rings. The first-order chi connectivity index (χ1) is 10.2. The topological polar surface area (TPSA) is 88.1 Å². The molecule has 0 radical (unpaired) electrons. The minimum Gasteiger partial charge on any atom is -0.352 e. The van der Waals surface area contributed by atoms with Gasteiger partial charge in [0.05, 0.1) is 18.4 Å². The van der Waals surface area contributed by atoms with E-state index in [1.807, 2.05) is 0 Å². The van der Waals surface area contributed by atoms with Crippen LogP contribution in [0.4, 0.5) is 5.69 Å². The third kappa shape index (κ3) is 5.65. The summed E-state index contributed by atoms with van der Waals surface area (Å²) in [4.78, 5) is 23.3. The molecule has 1 aromatic rings. The fourth-order valence-corrected chi connectivity index (χ4v) is 2.08. The highest BCUT2D eigenvalue weighted by atomic mass is 35.5. The number of amides is 2. The lowest BCUT2D eigenvalue weighted by molar-refractivity contribution is -0.122. The maximum Gasteiger partial charge on any atom is 0.241 e. The smallest absolute Gasteiger partial charge is 0.241 e. The molecule has 0 aliphatic heterocycles. The van der Waals surface area contributed by atoms with E-state index in [2.05, 4.69) is 21.0 Å². The zero-order valence-corrected chi connectivity index (χ0v) is 13.2. The summed E-state index contributed by atoms with van der Waals surface area (Å²) in [7, 11) is 0. The standard InChI is InChI=1S/C14H21N5O2.ClH/c20-13(7-15-5-10-1-2-10)18-12-6-16-19(8-12)9-14(21)17-11-3-4-11;/h6,8,10-11,15H,1-5,7,9H2,(H,17,21)(H,18,20);1H. The third-order valence-electron chi connectivity index (χ3n) is 3.58. The van der Waals surface area contributed by atoms with Gasteiger partial charge in [0.15, 0.2) is 0 Å². The average molecular weight is 328 g/mol. The second kappa shape index (κ2) is 7.60. The van der Waals surface area contributed by atoms with Gasteiger partial charge in [-0.1, -0.05) is 0 Å². The van der Waals surface area contributed by atoms with E-state index in [0.29, 0.717) is 18.3 Å². The number of carbonyl (C=O) groups excluding carboxylic acids is 2. The molecule has 1 heterocycles. The molecule has 0 atom stereocenters. The molecule has 2 amide bonds. The highest BCUT2D eigenvalue weighted by molar-refractivity contribution is 5.92. The fourth-order valence-electron chi connectivity index (χ4n) is 2.08. The van der Waals surface area contributed by atoms with Gasteiger partial charge in [0.25, 0.3) is 0 Å². The Morgan fingerprint density at radius 3 is 2.68 bits per heavy atom. The van der Waals surface area contributed by atoms with Crippen LogP contribution in [0.3, 0.4) is 0 Å². The number of nitrogens with zero attached hydrogens (tertiary/aromatic N) is 2. The first kappa shape index (κ1) is 16.8. The van der Waals surface area contributed by atoms with Crippen molar-refractivity contribution in [3.05, 3.63) is 12.4 Å². The molecule has 3 rings (SSSR count). The molecule has 2 fully saturated rings. The second-order valence-corrected chi connectivity index (χ2v) is 5.89. The Labute approximate surface area is 135 Å². The SMILES string of the molecule is Cl.O=C(CNCC1CC1)Nc1cnn(CC(=O)NC2CC2)c1. The third-order valence-corrected chi connectivity index (χ3v) is 3.58. The number of nitrogens with one attached hydrogen (secondary N) is 3. The van der Waals surface area contributed by atoms with E-state index in [1.165, 1.54) is 17.5 Å². The lowest BCUT2D eigenvalue weighted by atomic mass is 10.4. The van der Waals surface area contributed by atoms with Crippen LogP contribution in [0.25, 0.3) is 0 Å².